The van der Waals surface area contributed by atoms with Crippen molar-refractivity contribution in [2.24, 2.45) is 13.0 Å². The lowest BCUT2D eigenvalue weighted by Crippen LogP contribution is -2.55. The molecule has 4 rings (SSSR count). The molecular formula is C22H21FN4O2. The lowest BCUT2D eigenvalue weighted by atomic mass is 10.0. The van der Waals surface area contributed by atoms with Crippen molar-refractivity contribution in [1.29, 1.82) is 5.26 Å². The van der Waals surface area contributed by atoms with Crippen LogP contribution in [0.3, 0.4) is 0 Å². The molecule has 0 radical (unpaired) electrons. The Hall–Kier alpha value is -3.53. The van der Waals surface area contributed by atoms with Crippen molar-refractivity contribution in [2.45, 2.75) is 6.54 Å². The third-order valence-electron chi connectivity index (χ3n) is 5.18. The minimum atomic E-state index is -0.558. The predicted octanol–water partition coefficient (Wildman–Crippen LogP) is 3.41. The van der Waals surface area contributed by atoms with Crippen LogP contribution in [0, 0.1) is 23.1 Å². The van der Waals surface area contributed by atoms with Gasteiger partial charge in [0.25, 0.3) is 0 Å². The van der Waals surface area contributed by atoms with Crippen LogP contribution in [-0.4, -0.2) is 35.2 Å². The largest absolute Gasteiger partial charge is 0.493 e. The molecule has 3 aromatic rings. The Morgan fingerprint density at radius 3 is 2.90 bits per heavy atom. The van der Waals surface area contributed by atoms with Gasteiger partial charge < -0.3 is 19.5 Å². The summed E-state index contributed by atoms with van der Waals surface area (Å²) in [7, 11) is 2.01. The highest BCUT2D eigenvalue weighted by Crippen LogP contribution is 2.21. The van der Waals surface area contributed by atoms with Crippen molar-refractivity contribution in [3.8, 4) is 11.8 Å². The number of halogens is 1. The van der Waals surface area contributed by atoms with Crippen LogP contribution in [0.5, 0.6) is 5.75 Å². The molecule has 1 aliphatic heterocycles. The van der Waals surface area contributed by atoms with Crippen LogP contribution in [0.1, 0.15) is 11.1 Å². The number of likely N-dealkylation sites (tertiary alicyclic amines) is 1. The van der Waals surface area contributed by atoms with E-state index in [1.165, 1.54) is 18.2 Å². The average Bonchev–Trinajstić information content (AvgIpc) is 3.06. The van der Waals surface area contributed by atoms with Gasteiger partial charge in [-0.25, -0.2) is 9.18 Å². The van der Waals surface area contributed by atoms with Gasteiger partial charge in [-0.05, 0) is 41.3 Å². The molecule has 2 amide bonds. The van der Waals surface area contributed by atoms with Crippen LogP contribution in [-0.2, 0) is 13.6 Å². The Balaban J connectivity index is 1.22. The van der Waals surface area contributed by atoms with Crippen LogP contribution in [0.15, 0.2) is 48.7 Å². The SMILES string of the molecule is Cn1ccc2cc(CNC(=O)N3CC(COc4ccc(F)c(C#N)c4)C3)ccc21. The van der Waals surface area contributed by atoms with E-state index in [4.69, 9.17) is 10.00 Å². The van der Waals surface area contributed by atoms with E-state index in [9.17, 15) is 9.18 Å². The average molecular weight is 392 g/mol. The van der Waals surface area contributed by atoms with Crippen molar-refractivity contribution in [3.05, 3.63) is 65.6 Å². The number of nitrogens with one attached hydrogen (secondary N) is 1. The Kier molecular flexibility index (Phi) is 5.09. The zero-order valence-corrected chi connectivity index (χ0v) is 16.1. The second-order valence-electron chi connectivity index (χ2n) is 7.31. The van der Waals surface area contributed by atoms with Crippen molar-refractivity contribution < 1.29 is 13.9 Å². The number of hydrogen-bond acceptors (Lipinski definition) is 3. The molecule has 0 atom stereocenters. The number of carbonyl (C=O) groups is 1. The summed E-state index contributed by atoms with van der Waals surface area (Å²) in [4.78, 5) is 14.0. The van der Waals surface area contributed by atoms with Gasteiger partial charge in [-0.1, -0.05) is 6.07 Å². The molecule has 1 aliphatic rings. The molecule has 1 N–H and O–H groups in total. The van der Waals surface area contributed by atoms with Gasteiger partial charge in [0.15, 0.2) is 0 Å². The zero-order chi connectivity index (χ0) is 20.4. The number of fused-ring (bicyclic) bond motifs is 1. The van der Waals surface area contributed by atoms with Crippen LogP contribution in [0.2, 0.25) is 0 Å². The molecule has 148 valence electrons. The molecule has 0 aliphatic carbocycles. The molecule has 2 aromatic carbocycles. The number of hydrogen-bond donors (Lipinski definition) is 1. The molecular weight excluding hydrogens is 371 g/mol. The molecule has 0 bridgehead atoms. The Morgan fingerprint density at radius 1 is 1.28 bits per heavy atom. The van der Waals surface area contributed by atoms with Gasteiger partial charge in [0, 0.05) is 50.4 Å². The lowest BCUT2D eigenvalue weighted by molar-refractivity contribution is 0.0854. The van der Waals surface area contributed by atoms with Gasteiger partial charge in [-0.2, -0.15) is 5.26 Å². The fourth-order valence-corrected chi connectivity index (χ4v) is 3.47. The summed E-state index contributed by atoms with van der Waals surface area (Å²) in [5.41, 5.74) is 2.18. The highest BCUT2D eigenvalue weighted by molar-refractivity contribution is 5.81. The normalized spacial score (nSPS) is 13.8. The zero-order valence-electron chi connectivity index (χ0n) is 16.1. The first kappa shape index (κ1) is 18.8. The summed E-state index contributed by atoms with van der Waals surface area (Å²) >= 11 is 0. The van der Waals surface area contributed by atoms with Gasteiger partial charge in [-0.3, -0.25) is 0 Å². The summed E-state index contributed by atoms with van der Waals surface area (Å²) in [6, 6.07) is 14.0. The Bertz CT molecular complexity index is 1100. The van der Waals surface area contributed by atoms with Crippen molar-refractivity contribution in [1.82, 2.24) is 14.8 Å². The summed E-state index contributed by atoms with van der Waals surface area (Å²) in [6.07, 6.45) is 2.02. The lowest BCUT2D eigenvalue weighted by Gasteiger charge is -2.38. The fraction of sp³-hybridized carbons (Fsp3) is 0.273. The smallest absolute Gasteiger partial charge is 0.317 e. The fourth-order valence-electron chi connectivity index (χ4n) is 3.47. The van der Waals surface area contributed by atoms with E-state index >= 15 is 0 Å². The quantitative estimate of drug-likeness (QED) is 0.723. The summed E-state index contributed by atoms with van der Waals surface area (Å²) in [5, 5.41) is 13.0. The van der Waals surface area contributed by atoms with E-state index in [-0.39, 0.29) is 17.5 Å². The molecule has 0 spiro atoms. The topological polar surface area (TPSA) is 70.3 Å². The van der Waals surface area contributed by atoms with Crippen LogP contribution >= 0.6 is 0 Å². The summed E-state index contributed by atoms with van der Waals surface area (Å²) in [5.74, 6) is 0.122. The van der Waals surface area contributed by atoms with E-state index in [0.29, 0.717) is 32.0 Å². The van der Waals surface area contributed by atoms with Crippen molar-refractivity contribution in [3.63, 3.8) is 0 Å². The number of ether oxygens (including phenoxy) is 1. The molecule has 6 nitrogen and oxygen atoms in total. The molecule has 0 unspecified atom stereocenters. The van der Waals surface area contributed by atoms with E-state index in [1.54, 1.807) is 11.0 Å². The van der Waals surface area contributed by atoms with Crippen LogP contribution in [0.4, 0.5) is 9.18 Å². The number of carbonyl (C=O) groups excluding carboxylic acids is 1. The number of amides is 2. The van der Waals surface area contributed by atoms with Crippen molar-refractivity contribution >= 4 is 16.9 Å². The number of benzene rings is 2. The first-order valence-corrected chi connectivity index (χ1v) is 9.42. The Morgan fingerprint density at radius 2 is 2.10 bits per heavy atom. The summed E-state index contributed by atoms with van der Waals surface area (Å²) in [6.45, 7) is 2.12. The number of nitriles is 1. The van der Waals surface area contributed by atoms with Gasteiger partial charge in [0.2, 0.25) is 0 Å². The van der Waals surface area contributed by atoms with E-state index in [2.05, 4.69) is 28.1 Å². The minimum Gasteiger partial charge on any atom is -0.493 e. The highest BCUT2D eigenvalue weighted by atomic mass is 19.1. The maximum absolute atomic E-state index is 13.3. The standard InChI is InChI=1S/C22H21FN4O2/c1-26-7-6-17-8-15(2-5-21(17)26)11-25-22(28)27-12-16(13-27)14-29-19-3-4-20(23)18(9-19)10-24/h2-9,16H,11-14H2,1H3,(H,25,28). The third kappa shape index (κ3) is 4.02. The molecule has 1 aromatic heterocycles. The summed E-state index contributed by atoms with van der Waals surface area (Å²) < 4.78 is 21.0. The number of urea groups is 1. The number of aromatic nitrogens is 1. The first-order chi connectivity index (χ1) is 14.0. The Labute approximate surface area is 168 Å². The monoisotopic (exact) mass is 392 g/mol. The molecule has 7 heteroatoms. The highest BCUT2D eigenvalue weighted by Gasteiger charge is 2.31. The first-order valence-electron chi connectivity index (χ1n) is 9.42. The third-order valence-corrected chi connectivity index (χ3v) is 5.18. The number of aryl methyl sites for hydroxylation is 1. The van der Waals surface area contributed by atoms with Gasteiger partial charge in [0.1, 0.15) is 17.6 Å². The minimum absolute atomic E-state index is 0.0363. The molecule has 1 saturated heterocycles. The maximum atomic E-state index is 13.3. The van der Waals surface area contributed by atoms with Gasteiger partial charge >= 0.3 is 6.03 Å². The molecule has 1 fully saturated rings. The van der Waals surface area contributed by atoms with Crippen molar-refractivity contribution in [2.75, 3.05) is 19.7 Å². The van der Waals surface area contributed by atoms with Gasteiger partial charge in [-0.15, -0.1) is 0 Å². The van der Waals surface area contributed by atoms with Gasteiger partial charge in [0.05, 0.1) is 12.2 Å². The number of rotatable bonds is 5. The molecule has 29 heavy (non-hydrogen) atoms. The van der Waals surface area contributed by atoms with Crippen LogP contribution in [0.25, 0.3) is 10.9 Å². The van der Waals surface area contributed by atoms with Crippen LogP contribution < -0.4 is 10.1 Å². The van der Waals surface area contributed by atoms with E-state index < -0.39 is 5.82 Å². The van der Waals surface area contributed by atoms with E-state index in [0.717, 1.165) is 16.5 Å². The number of nitrogens with zero attached hydrogens (tertiary/aromatic N) is 3. The predicted molar refractivity (Wildman–Crippen MR) is 107 cm³/mol. The molecule has 2 heterocycles. The van der Waals surface area contributed by atoms with E-state index in [1.807, 2.05) is 19.3 Å². The maximum Gasteiger partial charge on any atom is 0.317 e. The molecule has 0 saturated carbocycles. The second kappa shape index (κ2) is 7.84. The second-order valence-corrected chi connectivity index (χ2v) is 7.31.